The second kappa shape index (κ2) is 4.78. The summed E-state index contributed by atoms with van der Waals surface area (Å²) in [4.78, 5) is 0. The fraction of sp³-hybridized carbons (Fsp3) is 1.00. The molecule has 0 radical (unpaired) electrons. The van der Waals surface area contributed by atoms with Crippen LogP contribution in [0.4, 0.5) is 0 Å². The predicted octanol–water partition coefficient (Wildman–Crippen LogP) is 1.84. The predicted molar refractivity (Wildman–Crippen MR) is 73.2 cm³/mol. The third-order valence-corrected chi connectivity index (χ3v) is 7.39. The monoisotopic (exact) mass is 271 g/mol. The van der Waals surface area contributed by atoms with Gasteiger partial charge < -0.3 is 5.32 Å². The van der Waals surface area contributed by atoms with Gasteiger partial charge in [0.15, 0.2) is 9.84 Å². The number of hydrogen-bond acceptors (Lipinski definition) is 3. The molecule has 3 fully saturated rings. The zero-order chi connectivity index (χ0) is 12.8. The Morgan fingerprint density at radius 1 is 1.11 bits per heavy atom. The molecule has 0 heterocycles. The molecule has 0 spiro atoms. The lowest BCUT2D eigenvalue weighted by Gasteiger charge is -2.32. The molecule has 0 saturated heterocycles. The quantitative estimate of drug-likeness (QED) is 0.830. The van der Waals surface area contributed by atoms with Crippen LogP contribution in [0.1, 0.15) is 39.0 Å². The van der Waals surface area contributed by atoms with E-state index in [0.717, 1.165) is 23.7 Å². The van der Waals surface area contributed by atoms with Crippen LogP contribution in [0.2, 0.25) is 0 Å². The van der Waals surface area contributed by atoms with Crippen molar-refractivity contribution in [2.75, 3.05) is 18.1 Å². The lowest BCUT2D eigenvalue weighted by atomic mass is 9.79. The van der Waals surface area contributed by atoms with Crippen LogP contribution >= 0.6 is 0 Å². The highest BCUT2D eigenvalue weighted by atomic mass is 32.2. The van der Waals surface area contributed by atoms with Crippen molar-refractivity contribution in [1.29, 1.82) is 0 Å². The van der Waals surface area contributed by atoms with E-state index in [-0.39, 0.29) is 5.75 Å². The number of fused-ring (bicyclic) bond motifs is 5. The fourth-order valence-corrected chi connectivity index (χ4v) is 5.56. The summed E-state index contributed by atoms with van der Waals surface area (Å²) < 4.78 is 23.0. The normalized spacial score (nSPS) is 42.4. The molecule has 1 N–H and O–H groups in total. The Kier molecular flexibility index (Phi) is 3.43. The highest BCUT2D eigenvalue weighted by Gasteiger charge is 2.53. The molecule has 3 saturated carbocycles. The van der Waals surface area contributed by atoms with E-state index in [9.17, 15) is 8.42 Å². The van der Waals surface area contributed by atoms with Gasteiger partial charge in [-0.25, -0.2) is 8.42 Å². The van der Waals surface area contributed by atoms with Crippen molar-refractivity contribution < 1.29 is 8.42 Å². The molecule has 18 heavy (non-hydrogen) atoms. The molecule has 3 nitrogen and oxygen atoms in total. The third-order valence-electron chi connectivity index (χ3n) is 5.69. The summed E-state index contributed by atoms with van der Waals surface area (Å²) in [5.74, 6) is 4.37. The van der Waals surface area contributed by atoms with E-state index in [1.807, 2.05) is 0 Å². The summed E-state index contributed by atoms with van der Waals surface area (Å²) in [7, 11) is -2.80. The van der Waals surface area contributed by atoms with E-state index in [1.54, 1.807) is 6.92 Å². The molecule has 0 unspecified atom stereocenters. The van der Waals surface area contributed by atoms with Crippen LogP contribution in [-0.4, -0.2) is 32.5 Å². The van der Waals surface area contributed by atoms with Crippen molar-refractivity contribution in [2.24, 2.45) is 23.7 Å². The molecule has 0 aromatic rings. The summed E-state index contributed by atoms with van der Waals surface area (Å²) in [6.45, 7) is 2.39. The molecular formula is C14H25NO2S. The van der Waals surface area contributed by atoms with Gasteiger partial charge in [-0.1, -0.05) is 13.3 Å². The molecule has 5 atom stereocenters. The number of hydrogen-bond donors (Lipinski definition) is 1. The van der Waals surface area contributed by atoms with Crippen molar-refractivity contribution in [3.05, 3.63) is 0 Å². The minimum Gasteiger partial charge on any atom is -0.313 e. The van der Waals surface area contributed by atoms with Crippen LogP contribution in [0.3, 0.4) is 0 Å². The van der Waals surface area contributed by atoms with E-state index in [4.69, 9.17) is 0 Å². The lowest BCUT2D eigenvalue weighted by molar-refractivity contribution is 0.211. The molecule has 0 aromatic heterocycles. The summed E-state index contributed by atoms with van der Waals surface area (Å²) in [5, 5.41) is 3.54. The zero-order valence-electron chi connectivity index (χ0n) is 11.3. The largest absolute Gasteiger partial charge is 0.313 e. The topological polar surface area (TPSA) is 46.2 Å². The van der Waals surface area contributed by atoms with Crippen molar-refractivity contribution in [3.8, 4) is 0 Å². The molecule has 0 aromatic carbocycles. The van der Waals surface area contributed by atoms with Crippen molar-refractivity contribution >= 4 is 9.84 Å². The highest BCUT2D eigenvalue weighted by molar-refractivity contribution is 7.91. The van der Waals surface area contributed by atoms with Crippen LogP contribution in [0.15, 0.2) is 0 Å². The van der Waals surface area contributed by atoms with Gasteiger partial charge in [-0.3, -0.25) is 0 Å². The maximum Gasteiger partial charge on any atom is 0.151 e. The van der Waals surface area contributed by atoms with Gasteiger partial charge in [0.1, 0.15) is 0 Å². The molecule has 3 rings (SSSR count). The van der Waals surface area contributed by atoms with Crippen LogP contribution in [0.5, 0.6) is 0 Å². The van der Waals surface area contributed by atoms with Gasteiger partial charge >= 0.3 is 0 Å². The first-order valence-electron chi connectivity index (χ1n) is 7.54. The molecule has 3 aliphatic rings. The Labute approximate surface area is 111 Å². The van der Waals surface area contributed by atoms with E-state index in [1.165, 1.54) is 32.1 Å². The van der Waals surface area contributed by atoms with Crippen molar-refractivity contribution in [2.45, 2.75) is 45.1 Å². The second-order valence-corrected chi connectivity index (χ2v) is 8.92. The van der Waals surface area contributed by atoms with Gasteiger partial charge in [-0.2, -0.15) is 0 Å². The molecule has 3 aliphatic carbocycles. The van der Waals surface area contributed by atoms with Crippen LogP contribution < -0.4 is 5.32 Å². The highest BCUT2D eigenvalue weighted by Crippen LogP contribution is 2.58. The molecule has 104 valence electrons. The number of nitrogens with one attached hydrogen (secondary N) is 1. The smallest absolute Gasteiger partial charge is 0.151 e. The Hall–Kier alpha value is -0.0900. The Balaban J connectivity index is 1.51. The van der Waals surface area contributed by atoms with E-state index < -0.39 is 9.84 Å². The van der Waals surface area contributed by atoms with Gasteiger partial charge in [0, 0.05) is 18.3 Å². The van der Waals surface area contributed by atoms with Gasteiger partial charge in [0.2, 0.25) is 0 Å². The Bertz CT molecular complexity index is 406. The van der Waals surface area contributed by atoms with Crippen LogP contribution in [0, 0.1) is 23.7 Å². The van der Waals surface area contributed by atoms with Gasteiger partial charge in [-0.15, -0.1) is 0 Å². The van der Waals surface area contributed by atoms with Crippen molar-refractivity contribution in [3.63, 3.8) is 0 Å². The van der Waals surface area contributed by atoms with Crippen LogP contribution in [0.25, 0.3) is 0 Å². The summed E-state index contributed by atoms with van der Waals surface area (Å²) in [6, 6.07) is 0.612. The molecule has 0 aliphatic heterocycles. The van der Waals surface area contributed by atoms with E-state index >= 15 is 0 Å². The van der Waals surface area contributed by atoms with E-state index in [0.29, 0.717) is 18.3 Å². The Morgan fingerprint density at radius 2 is 1.89 bits per heavy atom. The average molecular weight is 271 g/mol. The first kappa shape index (κ1) is 12.9. The minimum atomic E-state index is -2.80. The maximum absolute atomic E-state index is 11.5. The van der Waals surface area contributed by atoms with Gasteiger partial charge in [-0.05, 0) is 49.4 Å². The molecular weight excluding hydrogens is 246 g/mol. The maximum atomic E-state index is 11.5. The fourth-order valence-electron chi connectivity index (χ4n) is 4.85. The van der Waals surface area contributed by atoms with Gasteiger partial charge in [0.25, 0.3) is 0 Å². The van der Waals surface area contributed by atoms with Gasteiger partial charge in [0.05, 0.1) is 5.75 Å². The summed E-state index contributed by atoms with van der Waals surface area (Å²) >= 11 is 0. The second-order valence-electron chi connectivity index (χ2n) is 6.45. The van der Waals surface area contributed by atoms with E-state index in [2.05, 4.69) is 5.32 Å². The molecule has 4 heteroatoms. The Morgan fingerprint density at radius 3 is 2.67 bits per heavy atom. The average Bonchev–Trinajstić information content (AvgIpc) is 3.00. The lowest BCUT2D eigenvalue weighted by Crippen LogP contribution is -2.41. The number of rotatable bonds is 5. The summed E-state index contributed by atoms with van der Waals surface area (Å²) in [6.07, 6.45) is 7.03. The third kappa shape index (κ3) is 2.22. The van der Waals surface area contributed by atoms with Crippen LogP contribution in [-0.2, 0) is 9.84 Å². The molecule has 0 amide bonds. The van der Waals surface area contributed by atoms with Crippen molar-refractivity contribution in [1.82, 2.24) is 5.32 Å². The first-order valence-corrected chi connectivity index (χ1v) is 9.36. The number of sulfone groups is 1. The standard InChI is InChI=1S/C14H25NO2S/c1-2-18(16,17)7-6-15-14-9-10-8-13(14)12-5-3-4-11(10)12/h10-15H,2-9H2,1H3/t10-,11+,12-,13+,14-/m1/s1. The first-order chi connectivity index (χ1) is 8.61. The molecule has 2 bridgehead atoms. The summed E-state index contributed by atoms with van der Waals surface area (Å²) in [5.41, 5.74) is 0. The minimum absolute atomic E-state index is 0.274. The SMILES string of the molecule is CCS(=O)(=O)CCN[C@@H]1C[C@H]2C[C@H]1[C@@H]1CCC[C@@H]21. The zero-order valence-corrected chi connectivity index (χ0v) is 12.1.